The molecule has 0 aliphatic rings. The number of amides is 3. The van der Waals surface area contributed by atoms with Crippen LogP contribution in [0.15, 0.2) is 18.2 Å². The maximum atomic E-state index is 13.0. The zero-order valence-electron chi connectivity index (χ0n) is 9.88. The fraction of sp³-hybridized carbons (Fsp3) is 0.273. The van der Waals surface area contributed by atoms with Crippen molar-refractivity contribution in [2.24, 2.45) is 0 Å². The lowest BCUT2D eigenvalue weighted by atomic mass is 10.2. The van der Waals surface area contributed by atoms with Crippen LogP contribution in [0.3, 0.4) is 0 Å². The van der Waals surface area contributed by atoms with E-state index < -0.39 is 23.8 Å². The van der Waals surface area contributed by atoms with E-state index in [4.69, 9.17) is 11.6 Å². The van der Waals surface area contributed by atoms with Gasteiger partial charge in [-0.3, -0.25) is 10.1 Å². The van der Waals surface area contributed by atoms with Crippen LogP contribution < -0.4 is 16.0 Å². The van der Waals surface area contributed by atoms with Crippen molar-refractivity contribution in [1.29, 1.82) is 0 Å². The zero-order valence-corrected chi connectivity index (χ0v) is 10.6. The smallest absolute Gasteiger partial charge is 0.321 e. The highest BCUT2D eigenvalue weighted by Crippen LogP contribution is 2.22. The highest BCUT2D eigenvalue weighted by molar-refractivity contribution is 6.33. The number of hydrogen-bond donors (Lipinski definition) is 3. The number of imide groups is 1. The highest BCUT2D eigenvalue weighted by Gasteiger charge is 2.16. The predicted molar refractivity (Wildman–Crippen MR) is 67.1 cm³/mol. The van der Waals surface area contributed by atoms with Gasteiger partial charge in [0, 0.05) is 7.05 Å². The lowest BCUT2D eigenvalue weighted by Crippen LogP contribution is -2.44. The van der Waals surface area contributed by atoms with E-state index in [2.05, 4.69) is 16.0 Å². The van der Waals surface area contributed by atoms with Gasteiger partial charge in [0.25, 0.3) is 0 Å². The van der Waals surface area contributed by atoms with Gasteiger partial charge < -0.3 is 10.6 Å². The van der Waals surface area contributed by atoms with Gasteiger partial charge in [-0.05, 0) is 25.1 Å². The average molecular weight is 274 g/mol. The van der Waals surface area contributed by atoms with E-state index in [1.165, 1.54) is 32.2 Å². The third kappa shape index (κ3) is 3.89. The molecule has 0 saturated heterocycles. The average Bonchev–Trinajstić information content (AvgIpc) is 2.33. The summed E-state index contributed by atoms with van der Waals surface area (Å²) in [5, 5.41) is 7.35. The Morgan fingerprint density at radius 2 is 2.06 bits per heavy atom. The topological polar surface area (TPSA) is 70.2 Å². The van der Waals surface area contributed by atoms with E-state index in [1.807, 2.05) is 0 Å². The molecule has 1 rings (SSSR count). The number of hydrogen-bond acceptors (Lipinski definition) is 3. The van der Waals surface area contributed by atoms with Gasteiger partial charge in [0.2, 0.25) is 5.91 Å². The largest absolute Gasteiger partial charge is 0.373 e. The van der Waals surface area contributed by atoms with Crippen LogP contribution in [0.1, 0.15) is 6.92 Å². The van der Waals surface area contributed by atoms with E-state index in [0.717, 1.165) is 0 Å². The zero-order chi connectivity index (χ0) is 13.7. The first-order valence-electron chi connectivity index (χ1n) is 5.18. The van der Waals surface area contributed by atoms with E-state index in [0.29, 0.717) is 0 Å². The number of halogens is 2. The molecule has 1 aromatic rings. The standard InChI is InChI=1S/C11H13ClFN3O2/c1-6(10(17)16-11(18)14-2)15-9-5-7(13)3-4-8(9)12/h3-6,15H,1-2H3,(H2,14,16,17,18). The van der Waals surface area contributed by atoms with Crippen LogP contribution >= 0.6 is 11.6 Å². The molecule has 3 amide bonds. The van der Waals surface area contributed by atoms with Gasteiger partial charge in [0.15, 0.2) is 0 Å². The van der Waals surface area contributed by atoms with Crippen LogP contribution in [0.25, 0.3) is 0 Å². The number of anilines is 1. The summed E-state index contributed by atoms with van der Waals surface area (Å²) in [6.45, 7) is 1.53. The van der Waals surface area contributed by atoms with Crippen molar-refractivity contribution in [2.45, 2.75) is 13.0 Å². The van der Waals surface area contributed by atoms with Crippen molar-refractivity contribution in [1.82, 2.24) is 10.6 Å². The molecule has 0 radical (unpaired) electrons. The Balaban J connectivity index is 2.69. The molecule has 0 heterocycles. The molecule has 1 atom stereocenters. The highest BCUT2D eigenvalue weighted by atomic mass is 35.5. The minimum Gasteiger partial charge on any atom is -0.373 e. The van der Waals surface area contributed by atoms with Crippen LogP contribution in [0, 0.1) is 5.82 Å². The molecule has 0 aliphatic heterocycles. The fourth-order valence-electron chi connectivity index (χ4n) is 1.19. The van der Waals surface area contributed by atoms with Gasteiger partial charge in [0.05, 0.1) is 10.7 Å². The van der Waals surface area contributed by atoms with Crippen molar-refractivity contribution in [2.75, 3.05) is 12.4 Å². The molecule has 1 unspecified atom stereocenters. The van der Waals surface area contributed by atoms with Crippen molar-refractivity contribution in [3.8, 4) is 0 Å². The quantitative estimate of drug-likeness (QED) is 0.786. The van der Waals surface area contributed by atoms with Crippen molar-refractivity contribution in [3.63, 3.8) is 0 Å². The van der Waals surface area contributed by atoms with Gasteiger partial charge in [-0.15, -0.1) is 0 Å². The number of carbonyl (C=O) groups excluding carboxylic acids is 2. The Bertz CT molecular complexity index is 468. The molecule has 0 aromatic heterocycles. The molecular weight excluding hydrogens is 261 g/mol. The van der Waals surface area contributed by atoms with Crippen molar-refractivity contribution < 1.29 is 14.0 Å². The maximum Gasteiger partial charge on any atom is 0.321 e. The predicted octanol–water partition coefficient (Wildman–Crippen LogP) is 1.74. The van der Waals surface area contributed by atoms with E-state index in [1.54, 1.807) is 0 Å². The van der Waals surface area contributed by atoms with Gasteiger partial charge in [-0.25, -0.2) is 9.18 Å². The van der Waals surface area contributed by atoms with Gasteiger partial charge in [-0.2, -0.15) is 0 Å². The molecular formula is C11H13ClFN3O2. The van der Waals surface area contributed by atoms with E-state index in [9.17, 15) is 14.0 Å². The molecule has 0 fully saturated rings. The Labute approximate surface area is 109 Å². The number of urea groups is 1. The summed E-state index contributed by atoms with van der Waals surface area (Å²) in [6.07, 6.45) is 0. The summed E-state index contributed by atoms with van der Waals surface area (Å²) < 4.78 is 13.0. The van der Waals surface area contributed by atoms with Crippen LogP contribution in [-0.2, 0) is 4.79 Å². The summed E-state index contributed by atoms with van der Waals surface area (Å²) >= 11 is 5.84. The molecule has 5 nitrogen and oxygen atoms in total. The molecule has 7 heteroatoms. The SMILES string of the molecule is CNC(=O)NC(=O)C(C)Nc1cc(F)ccc1Cl. The molecule has 0 aliphatic carbocycles. The van der Waals surface area contributed by atoms with Crippen LogP contribution in [0.2, 0.25) is 5.02 Å². The van der Waals surface area contributed by atoms with Gasteiger partial charge in [0.1, 0.15) is 11.9 Å². The summed E-state index contributed by atoms with van der Waals surface area (Å²) in [4.78, 5) is 22.5. The van der Waals surface area contributed by atoms with Crippen molar-refractivity contribution in [3.05, 3.63) is 29.0 Å². The number of nitrogens with one attached hydrogen (secondary N) is 3. The van der Waals surface area contributed by atoms with Crippen LogP contribution in [0.5, 0.6) is 0 Å². The second kappa shape index (κ2) is 6.20. The van der Waals surface area contributed by atoms with Crippen LogP contribution in [0.4, 0.5) is 14.9 Å². The Morgan fingerprint density at radius 1 is 1.39 bits per heavy atom. The monoisotopic (exact) mass is 273 g/mol. The number of carbonyl (C=O) groups is 2. The lowest BCUT2D eigenvalue weighted by Gasteiger charge is -2.15. The van der Waals surface area contributed by atoms with Gasteiger partial charge in [-0.1, -0.05) is 11.6 Å². The first-order valence-corrected chi connectivity index (χ1v) is 5.56. The molecule has 3 N–H and O–H groups in total. The number of rotatable bonds is 3. The van der Waals surface area contributed by atoms with E-state index in [-0.39, 0.29) is 10.7 Å². The van der Waals surface area contributed by atoms with Gasteiger partial charge >= 0.3 is 6.03 Å². The molecule has 18 heavy (non-hydrogen) atoms. The molecule has 0 bridgehead atoms. The summed E-state index contributed by atoms with van der Waals surface area (Å²) in [6, 6.07) is 2.41. The second-order valence-electron chi connectivity index (χ2n) is 3.56. The second-order valence-corrected chi connectivity index (χ2v) is 3.97. The number of benzene rings is 1. The summed E-state index contributed by atoms with van der Waals surface area (Å²) in [5.41, 5.74) is 0.288. The first-order chi connectivity index (χ1) is 8.43. The molecule has 98 valence electrons. The third-order valence-electron chi connectivity index (χ3n) is 2.16. The Kier molecular flexibility index (Phi) is 4.91. The molecule has 0 spiro atoms. The third-order valence-corrected chi connectivity index (χ3v) is 2.49. The fourth-order valence-corrected chi connectivity index (χ4v) is 1.36. The van der Waals surface area contributed by atoms with E-state index >= 15 is 0 Å². The summed E-state index contributed by atoms with van der Waals surface area (Å²) in [5.74, 6) is -1.02. The Morgan fingerprint density at radius 3 is 2.67 bits per heavy atom. The lowest BCUT2D eigenvalue weighted by molar-refractivity contribution is -0.120. The first kappa shape index (κ1) is 14.2. The van der Waals surface area contributed by atoms with Crippen LogP contribution in [-0.4, -0.2) is 25.0 Å². The van der Waals surface area contributed by atoms with Crippen molar-refractivity contribution >= 4 is 29.2 Å². The molecule has 1 aromatic carbocycles. The maximum absolute atomic E-state index is 13.0. The summed E-state index contributed by atoms with van der Waals surface area (Å²) in [7, 11) is 1.39. The molecule has 0 saturated carbocycles. The normalized spacial score (nSPS) is 11.6. The minimum absolute atomic E-state index is 0.288. The Hall–Kier alpha value is -1.82. The minimum atomic E-state index is -0.735.